The maximum absolute atomic E-state index is 12.8. The molecule has 6 heteroatoms. The van der Waals surface area contributed by atoms with Gasteiger partial charge in [-0.05, 0) is 63.4 Å². The first kappa shape index (κ1) is 20.0. The molecule has 0 fully saturated rings. The molecule has 0 saturated carbocycles. The Balaban J connectivity index is 2.33. The van der Waals surface area contributed by atoms with Gasteiger partial charge in [-0.25, -0.2) is 8.42 Å². The van der Waals surface area contributed by atoms with E-state index in [-0.39, 0.29) is 16.8 Å². The minimum atomic E-state index is -3.79. The normalized spacial score (nSPS) is 12.5. The minimum absolute atomic E-state index is 0.0266. The van der Waals surface area contributed by atoms with Gasteiger partial charge in [0.05, 0.1) is 10.6 Å². The molecule has 1 unspecified atom stereocenters. The Morgan fingerprint density at radius 1 is 1.08 bits per heavy atom. The van der Waals surface area contributed by atoms with Crippen LogP contribution in [0.5, 0.6) is 0 Å². The molecule has 0 aromatic heterocycles. The van der Waals surface area contributed by atoms with E-state index in [0.717, 1.165) is 23.1 Å². The summed E-state index contributed by atoms with van der Waals surface area (Å²) in [4.78, 5) is 12.3. The monoisotopic (exact) mass is 374 g/mol. The number of hydrogen-bond acceptors (Lipinski definition) is 3. The predicted molar refractivity (Wildman–Crippen MR) is 105 cm³/mol. The summed E-state index contributed by atoms with van der Waals surface area (Å²) in [5.74, 6) is -0.279. The molecule has 0 radical (unpaired) electrons. The van der Waals surface area contributed by atoms with Crippen LogP contribution in [0.2, 0.25) is 0 Å². The van der Waals surface area contributed by atoms with Gasteiger partial charge in [0.2, 0.25) is 0 Å². The van der Waals surface area contributed by atoms with Crippen molar-refractivity contribution in [1.82, 2.24) is 5.32 Å². The summed E-state index contributed by atoms with van der Waals surface area (Å²) in [7, 11) is -3.79. The van der Waals surface area contributed by atoms with Crippen LogP contribution < -0.4 is 10.0 Å². The van der Waals surface area contributed by atoms with E-state index < -0.39 is 10.0 Å². The number of hydrogen-bond donors (Lipinski definition) is 2. The molecule has 0 aliphatic heterocycles. The Morgan fingerprint density at radius 2 is 1.69 bits per heavy atom. The maximum Gasteiger partial charge on any atom is 0.261 e. The molecule has 0 aliphatic carbocycles. The van der Waals surface area contributed by atoms with Crippen molar-refractivity contribution >= 4 is 21.6 Å². The number of amides is 1. The molecule has 0 heterocycles. The van der Waals surface area contributed by atoms with Gasteiger partial charge in [-0.1, -0.05) is 30.7 Å². The summed E-state index contributed by atoms with van der Waals surface area (Å²) in [6.07, 6.45) is 0.803. The molecular formula is C20H26N2O3S. The Bertz CT molecular complexity index is 897. The van der Waals surface area contributed by atoms with Crippen LogP contribution in [0, 0.1) is 20.8 Å². The molecule has 0 spiro atoms. The summed E-state index contributed by atoms with van der Waals surface area (Å²) in [6.45, 7) is 9.59. The molecule has 2 rings (SSSR count). The van der Waals surface area contributed by atoms with Crippen LogP contribution in [0.25, 0.3) is 0 Å². The first-order valence-electron chi connectivity index (χ1n) is 8.65. The third-order valence-electron chi connectivity index (χ3n) is 4.31. The molecule has 1 amide bonds. The van der Waals surface area contributed by atoms with E-state index in [9.17, 15) is 13.2 Å². The Labute approximate surface area is 155 Å². The van der Waals surface area contributed by atoms with Crippen molar-refractivity contribution in [2.24, 2.45) is 0 Å². The fourth-order valence-corrected chi connectivity index (χ4v) is 4.00. The van der Waals surface area contributed by atoms with E-state index in [2.05, 4.69) is 10.0 Å². The number of benzene rings is 2. The number of sulfonamides is 1. The number of carbonyl (C=O) groups excluding carboxylic acids is 1. The van der Waals surface area contributed by atoms with Crippen molar-refractivity contribution in [1.29, 1.82) is 0 Å². The number of carbonyl (C=O) groups is 1. The van der Waals surface area contributed by atoms with E-state index in [1.165, 1.54) is 12.1 Å². The van der Waals surface area contributed by atoms with Gasteiger partial charge < -0.3 is 5.32 Å². The third-order valence-corrected chi connectivity index (χ3v) is 5.66. The van der Waals surface area contributed by atoms with Crippen molar-refractivity contribution in [3.8, 4) is 0 Å². The SMILES string of the molecule is CCC(C)NC(=O)c1cccc(S(=O)(=O)Nc2c(C)cc(C)cc2C)c1. The Kier molecular flexibility index (Phi) is 6.08. The fraction of sp³-hybridized carbons (Fsp3) is 0.350. The number of nitrogens with one attached hydrogen (secondary N) is 2. The van der Waals surface area contributed by atoms with Crippen LogP contribution in [0.3, 0.4) is 0 Å². The van der Waals surface area contributed by atoms with Crippen molar-refractivity contribution in [2.45, 2.75) is 52.0 Å². The van der Waals surface area contributed by atoms with E-state index >= 15 is 0 Å². The second-order valence-corrected chi connectivity index (χ2v) is 8.37. The highest BCUT2D eigenvalue weighted by Gasteiger charge is 2.19. The Hall–Kier alpha value is -2.34. The molecule has 2 N–H and O–H groups in total. The fourth-order valence-electron chi connectivity index (χ4n) is 2.75. The van der Waals surface area contributed by atoms with Gasteiger partial charge in [0, 0.05) is 11.6 Å². The van der Waals surface area contributed by atoms with Crippen LogP contribution in [-0.2, 0) is 10.0 Å². The molecule has 2 aromatic rings. The lowest BCUT2D eigenvalue weighted by Crippen LogP contribution is -2.32. The van der Waals surface area contributed by atoms with Crippen LogP contribution in [0.1, 0.15) is 47.3 Å². The summed E-state index contributed by atoms with van der Waals surface area (Å²) < 4.78 is 28.3. The zero-order chi connectivity index (χ0) is 19.5. The van der Waals surface area contributed by atoms with Crippen molar-refractivity contribution in [3.63, 3.8) is 0 Å². The highest BCUT2D eigenvalue weighted by molar-refractivity contribution is 7.92. The average Bonchev–Trinajstić information content (AvgIpc) is 2.58. The molecule has 0 bridgehead atoms. The van der Waals surface area contributed by atoms with E-state index in [0.29, 0.717) is 11.3 Å². The summed E-state index contributed by atoms with van der Waals surface area (Å²) in [5.41, 5.74) is 3.69. The molecule has 1 atom stereocenters. The van der Waals surface area contributed by atoms with Gasteiger partial charge in [0.25, 0.3) is 15.9 Å². The lowest BCUT2D eigenvalue weighted by Gasteiger charge is -2.15. The zero-order valence-corrected chi connectivity index (χ0v) is 16.7. The first-order chi connectivity index (χ1) is 12.1. The highest BCUT2D eigenvalue weighted by atomic mass is 32.2. The van der Waals surface area contributed by atoms with E-state index in [1.54, 1.807) is 12.1 Å². The van der Waals surface area contributed by atoms with Crippen molar-refractivity contribution < 1.29 is 13.2 Å². The molecular weight excluding hydrogens is 348 g/mol. The number of anilines is 1. The third kappa shape index (κ3) is 4.64. The van der Waals surface area contributed by atoms with Gasteiger partial charge in [-0.2, -0.15) is 0 Å². The minimum Gasteiger partial charge on any atom is -0.350 e. The summed E-state index contributed by atoms with van der Waals surface area (Å²) in [5, 5.41) is 2.84. The van der Waals surface area contributed by atoms with Gasteiger partial charge in [0.1, 0.15) is 0 Å². The lowest BCUT2D eigenvalue weighted by molar-refractivity contribution is 0.0939. The smallest absolute Gasteiger partial charge is 0.261 e. The highest BCUT2D eigenvalue weighted by Crippen LogP contribution is 2.25. The van der Waals surface area contributed by atoms with Gasteiger partial charge in [0.15, 0.2) is 0 Å². The van der Waals surface area contributed by atoms with Crippen LogP contribution >= 0.6 is 0 Å². The topological polar surface area (TPSA) is 75.3 Å². The Morgan fingerprint density at radius 3 is 2.27 bits per heavy atom. The van der Waals surface area contributed by atoms with Crippen LogP contribution in [-0.4, -0.2) is 20.4 Å². The maximum atomic E-state index is 12.8. The molecule has 0 aliphatic rings. The molecule has 2 aromatic carbocycles. The van der Waals surface area contributed by atoms with Crippen LogP contribution in [0.4, 0.5) is 5.69 Å². The van der Waals surface area contributed by atoms with Gasteiger partial charge in [-0.15, -0.1) is 0 Å². The quantitative estimate of drug-likeness (QED) is 0.804. The van der Waals surface area contributed by atoms with Crippen molar-refractivity contribution in [2.75, 3.05) is 4.72 Å². The number of rotatable bonds is 6. The van der Waals surface area contributed by atoms with Gasteiger partial charge >= 0.3 is 0 Å². The van der Waals surface area contributed by atoms with E-state index in [1.807, 2.05) is 46.8 Å². The first-order valence-corrected chi connectivity index (χ1v) is 10.1. The van der Waals surface area contributed by atoms with Crippen molar-refractivity contribution in [3.05, 3.63) is 58.7 Å². The second-order valence-electron chi connectivity index (χ2n) is 6.69. The zero-order valence-electron chi connectivity index (χ0n) is 15.9. The molecule has 5 nitrogen and oxygen atoms in total. The number of aryl methyl sites for hydroxylation is 3. The standard InChI is InChI=1S/C20H26N2O3S/c1-6-16(5)21-20(23)17-8-7-9-18(12-17)26(24,25)22-19-14(3)10-13(2)11-15(19)4/h7-12,16,22H,6H2,1-5H3,(H,21,23). The molecule has 0 saturated heterocycles. The van der Waals surface area contributed by atoms with E-state index in [4.69, 9.17) is 0 Å². The predicted octanol–water partition coefficient (Wildman–Crippen LogP) is 3.94. The largest absolute Gasteiger partial charge is 0.350 e. The summed E-state index contributed by atoms with van der Waals surface area (Å²) in [6, 6.07) is 9.97. The lowest BCUT2D eigenvalue weighted by atomic mass is 10.1. The van der Waals surface area contributed by atoms with Crippen LogP contribution in [0.15, 0.2) is 41.3 Å². The van der Waals surface area contributed by atoms with Gasteiger partial charge in [-0.3, -0.25) is 9.52 Å². The molecule has 140 valence electrons. The average molecular weight is 375 g/mol. The second kappa shape index (κ2) is 7.91. The molecule has 26 heavy (non-hydrogen) atoms. The summed E-state index contributed by atoms with van der Waals surface area (Å²) >= 11 is 0.